The van der Waals surface area contributed by atoms with E-state index in [-0.39, 0.29) is 30.0 Å². The topological polar surface area (TPSA) is 140 Å². The molecule has 12 nitrogen and oxygen atoms in total. The highest BCUT2D eigenvalue weighted by Gasteiger charge is 2.39. The zero-order chi connectivity index (χ0) is 31.6. The number of piperazine rings is 1. The minimum Gasteiger partial charge on any atom is -0.489 e. The van der Waals surface area contributed by atoms with Crippen LogP contribution in [0.4, 0.5) is 17.3 Å². The van der Waals surface area contributed by atoms with Gasteiger partial charge in [-0.1, -0.05) is 6.92 Å². The van der Waals surface area contributed by atoms with Gasteiger partial charge in [0.15, 0.2) is 5.82 Å². The quantitative estimate of drug-likeness (QED) is 0.382. The molecule has 240 valence electrons. The van der Waals surface area contributed by atoms with Gasteiger partial charge in [0.2, 0.25) is 11.9 Å². The zero-order valence-corrected chi connectivity index (χ0v) is 26.1. The van der Waals surface area contributed by atoms with Crippen LogP contribution in [0.1, 0.15) is 31.7 Å². The number of benzene rings is 2. The summed E-state index contributed by atoms with van der Waals surface area (Å²) in [6, 6.07) is 16.5. The number of nitrogens with one attached hydrogen (secondary N) is 1. The minimum atomic E-state index is -0.345. The molecule has 1 amide bonds. The molecule has 1 aromatic heterocycles. The maximum atomic E-state index is 12.7. The van der Waals surface area contributed by atoms with Crippen molar-refractivity contribution in [2.45, 2.75) is 44.4 Å². The second kappa shape index (κ2) is 13.2. The number of amides is 1. The Balaban J connectivity index is 0.957. The van der Waals surface area contributed by atoms with Crippen molar-refractivity contribution in [3.63, 3.8) is 0 Å². The maximum absolute atomic E-state index is 12.7. The van der Waals surface area contributed by atoms with Gasteiger partial charge >= 0.3 is 0 Å². The number of piperidine rings is 1. The molecule has 2 aromatic carbocycles. The van der Waals surface area contributed by atoms with E-state index in [0.717, 1.165) is 45.1 Å². The third kappa shape index (κ3) is 6.49. The lowest BCUT2D eigenvalue weighted by atomic mass is 9.81. The Morgan fingerprint density at radius 2 is 1.85 bits per heavy atom. The fourth-order valence-corrected chi connectivity index (χ4v) is 6.73. The summed E-state index contributed by atoms with van der Waals surface area (Å²) in [7, 11) is 0. The number of rotatable bonds is 8. The molecule has 2 atom stereocenters. The van der Waals surface area contributed by atoms with Crippen molar-refractivity contribution < 1.29 is 19.4 Å². The van der Waals surface area contributed by atoms with Gasteiger partial charge in [-0.25, -0.2) is 9.97 Å². The van der Waals surface area contributed by atoms with Crippen LogP contribution in [0.3, 0.4) is 0 Å². The van der Waals surface area contributed by atoms with Crippen molar-refractivity contribution in [1.29, 1.82) is 5.26 Å². The van der Waals surface area contributed by atoms with E-state index >= 15 is 0 Å². The molecule has 1 aliphatic carbocycles. The molecule has 2 N–H and O–H groups in total. The maximum Gasteiger partial charge on any atom is 0.230 e. The summed E-state index contributed by atoms with van der Waals surface area (Å²) in [6.45, 7) is 9.10. The molecule has 4 heterocycles. The minimum absolute atomic E-state index is 0.0616. The molecule has 4 fully saturated rings. The number of hydrogen-bond donors (Lipinski definition) is 2. The van der Waals surface area contributed by atoms with Crippen LogP contribution in [0.5, 0.6) is 5.75 Å². The third-order valence-electron chi connectivity index (χ3n) is 9.75. The summed E-state index contributed by atoms with van der Waals surface area (Å²) < 4.78 is 11.7. The number of ether oxygens (including phenoxy) is 2. The van der Waals surface area contributed by atoms with Gasteiger partial charge in [-0.3, -0.25) is 9.69 Å². The van der Waals surface area contributed by atoms with Crippen molar-refractivity contribution in [2.24, 2.45) is 11.8 Å². The number of anilines is 3. The molecular weight excluding hydrogens is 584 g/mol. The van der Waals surface area contributed by atoms with E-state index in [2.05, 4.69) is 55.2 Å². The third-order valence-corrected chi connectivity index (χ3v) is 9.75. The Kier molecular flexibility index (Phi) is 8.71. The van der Waals surface area contributed by atoms with Gasteiger partial charge in [-0.15, -0.1) is 0 Å². The van der Waals surface area contributed by atoms with Crippen molar-refractivity contribution in [2.75, 3.05) is 62.7 Å². The first-order chi connectivity index (χ1) is 22.4. The molecule has 12 heteroatoms. The number of aliphatic hydroxyl groups excluding tert-OH is 1. The van der Waals surface area contributed by atoms with Gasteiger partial charge in [0.05, 0.1) is 30.9 Å². The Labute approximate surface area is 269 Å². The second-order valence-corrected chi connectivity index (χ2v) is 12.9. The molecule has 3 aliphatic heterocycles. The van der Waals surface area contributed by atoms with Gasteiger partial charge in [-0.2, -0.15) is 10.2 Å². The van der Waals surface area contributed by atoms with Crippen molar-refractivity contribution in [3.05, 3.63) is 54.4 Å². The first-order valence-corrected chi connectivity index (χ1v) is 16.2. The van der Waals surface area contributed by atoms with Crippen LogP contribution in [0, 0.1) is 23.2 Å². The average Bonchev–Trinajstić information content (AvgIpc) is 3.04. The summed E-state index contributed by atoms with van der Waals surface area (Å²) in [5.74, 6) is 1.56. The lowest BCUT2D eigenvalue weighted by Crippen LogP contribution is -2.56. The van der Waals surface area contributed by atoms with Crippen molar-refractivity contribution >= 4 is 23.2 Å². The zero-order valence-electron chi connectivity index (χ0n) is 26.1. The number of nitriles is 1. The fraction of sp³-hybridized carbons (Fsp3) is 0.500. The van der Waals surface area contributed by atoms with Gasteiger partial charge in [-0.05, 0) is 55.3 Å². The predicted molar refractivity (Wildman–Crippen MR) is 172 cm³/mol. The largest absolute Gasteiger partial charge is 0.489 e. The molecular formula is C34H40N8O4. The molecule has 0 spiro atoms. The number of aliphatic hydroxyl groups is 1. The molecule has 7 rings (SSSR count). The Hall–Kier alpha value is -4.31. The van der Waals surface area contributed by atoms with Gasteiger partial charge < -0.3 is 29.7 Å². The van der Waals surface area contributed by atoms with Gasteiger partial charge in [0.25, 0.3) is 0 Å². The number of aromatic nitrogens is 3. The Bertz CT molecular complexity index is 1580. The van der Waals surface area contributed by atoms with E-state index in [1.165, 1.54) is 12.0 Å². The molecule has 3 aromatic rings. The van der Waals surface area contributed by atoms with E-state index in [4.69, 9.17) is 9.47 Å². The SMILES string of the molecule is CC1CN(C(=O)C2CC(O)C2)CC[C@@H]1Oc1ccc(-c2ncnc(Nc3ccc(N4CCN(C5COC5)CC4)cc3)n2)cc1C#N. The molecule has 4 aliphatic rings. The smallest absolute Gasteiger partial charge is 0.230 e. The average molecular weight is 625 g/mol. The van der Waals surface area contributed by atoms with Crippen molar-refractivity contribution in [3.8, 4) is 23.2 Å². The summed E-state index contributed by atoms with van der Waals surface area (Å²) >= 11 is 0. The number of nitrogens with zero attached hydrogens (tertiary/aromatic N) is 7. The van der Waals surface area contributed by atoms with Crippen LogP contribution < -0.4 is 15.0 Å². The fourth-order valence-electron chi connectivity index (χ4n) is 6.73. The molecule has 0 bridgehead atoms. The summed E-state index contributed by atoms with van der Waals surface area (Å²) in [5.41, 5.74) is 3.16. The normalized spacial score (nSPS) is 25.2. The lowest BCUT2D eigenvalue weighted by Gasteiger charge is -2.43. The number of likely N-dealkylation sites (tertiary alicyclic amines) is 1. The Morgan fingerprint density at radius 1 is 1.07 bits per heavy atom. The number of hydrogen-bond acceptors (Lipinski definition) is 11. The number of carbonyl (C=O) groups excluding carboxylic acids is 1. The van der Waals surface area contributed by atoms with Crippen molar-refractivity contribution in [1.82, 2.24) is 24.8 Å². The summed E-state index contributed by atoms with van der Waals surface area (Å²) in [4.78, 5) is 32.9. The van der Waals surface area contributed by atoms with Crippen LogP contribution in [-0.2, 0) is 9.53 Å². The molecule has 3 saturated heterocycles. The van der Waals surface area contributed by atoms with Crippen LogP contribution in [0.15, 0.2) is 48.8 Å². The van der Waals surface area contributed by atoms with Crippen LogP contribution in [0.2, 0.25) is 0 Å². The highest BCUT2D eigenvalue weighted by atomic mass is 16.5. The van der Waals surface area contributed by atoms with Crippen LogP contribution in [0.25, 0.3) is 11.4 Å². The number of carbonyl (C=O) groups is 1. The second-order valence-electron chi connectivity index (χ2n) is 12.9. The van der Waals surface area contributed by atoms with Gasteiger partial charge in [0, 0.05) is 74.5 Å². The van der Waals surface area contributed by atoms with E-state index in [0.29, 0.717) is 67.0 Å². The molecule has 46 heavy (non-hydrogen) atoms. The Morgan fingerprint density at radius 3 is 2.52 bits per heavy atom. The summed E-state index contributed by atoms with van der Waals surface area (Å²) in [6.07, 6.45) is 2.81. The first-order valence-electron chi connectivity index (χ1n) is 16.2. The van der Waals surface area contributed by atoms with E-state index in [1.807, 2.05) is 23.1 Å². The molecule has 0 radical (unpaired) electrons. The molecule has 1 saturated carbocycles. The monoisotopic (exact) mass is 624 g/mol. The van der Waals surface area contributed by atoms with E-state index in [9.17, 15) is 15.2 Å². The van der Waals surface area contributed by atoms with Crippen LogP contribution >= 0.6 is 0 Å². The highest BCUT2D eigenvalue weighted by molar-refractivity contribution is 5.80. The van der Waals surface area contributed by atoms with Gasteiger partial charge in [0.1, 0.15) is 24.3 Å². The highest BCUT2D eigenvalue weighted by Crippen LogP contribution is 2.33. The molecule has 1 unspecified atom stereocenters. The van der Waals surface area contributed by atoms with E-state index in [1.54, 1.807) is 12.1 Å². The first kappa shape index (κ1) is 30.3. The standard InChI is InChI=1S/C34H40N8O4/c1-22-18-42(33(44)24-15-29(43)16-24)9-8-30(22)46-31-7-2-23(14-25(31)17-35)32-36-21-37-34(39-32)38-26-3-5-27(6-4-26)40-10-12-41(13-11-40)28-19-45-20-28/h2-7,14,21-22,24,28-30,43H,8-13,15-16,18-20H2,1H3,(H,36,37,38,39)/t22?,24?,29?,30-/m0/s1. The summed E-state index contributed by atoms with van der Waals surface area (Å²) in [5, 5.41) is 22.8. The predicted octanol–water partition coefficient (Wildman–Crippen LogP) is 3.06. The lowest BCUT2D eigenvalue weighted by molar-refractivity contribution is -0.145. The van der Waals surface area contributed by atoms with E-state index < -0.39 is 0 Å². The van der Waals surface area contributed by atoms with Crippen LogP contribution in [-0.4, -0.2) is 106 Å².